The molecule has 0 saturated carbocycles. The molecule has 0 aliphatic heterocycles. The topological polar surface area (TPSA) is 68.5 Å². The summed E-state index contributed by atoms with van der Waals surface area (Å²) in [6.07, 6.45) is 1.69. The lowest BCUT2D eigenvalue weighted by Gasteiger charge is -2.13. The number of rotatable bonds is 7. The van der Waals surface area contributed by atoms with Gasteiger partial charge in [0.15, 0.2) is 6.61 Å². The van der Waals surface area contributed by atoms with Gasteiger partial charge in [-0.05, 0) is 38.3 Å². The van der Waals surface area contributed by atoms with Gasteiger partial charge in [-0.1, -0.05) is 48.5 Å². The van der Waals surface area contributed by atoms with Crippen molar-refractivity contribution in [1.29, 1.82) is 0 Å². The van der Waals surface area contributed by atoms with E-state index in [0.717, 1.165) is 18.2 Å². The van der Waals surface area contributed by atoms with E-state index in [2.05, 4.69) is 17.4 Å². The number of aryl methyl sites for hydroxylation is 2. The zero-order valence-electron chi connectivity index (χ0n) is 15.5. The lowest BCUT2D eigenvalue weighted by molar-refractivity contribution is -0.124. The molecule has 0 fully saturated rings. The predicted octanol–water partition coefficient (Wildman–Crippen LogP) is 4.04. The second-order valence-electron chi connectivity index (χ2n) is 6.62. The van der Waals surface area contributed by atoms with Crippen molar-refractivity contribution in [2.75, 3.05) is 6.61 Å². The van der Waals surface area contributed by atoms with Crippen molar-refractivity contribution in [2.45, 2.75) is 32.7 Å². The molecule has 0 unspecified atom stereocenters. The Morgan fingerprint density at radius 2 is 1.78 bits per heavy atom. The van der Waals surface area contributed by atoms with E-state index in [1.807, 2.05) is 43.3 Å². The molecule has 27 heavy (non-hydrogen) atoms. The van der Waals surface area contributed by atoms with Crippen molar-refractivity contribution in [1.82, 2.24) is 5.32 Å². The molecule has 0 aliphatic carbocycles. The predicted molar refractivity (Wildman–Crippen MR) is 104 cm³/mol. The standard InChI is InChI=1S/C22H23NO4/c1-15(12-13-17-8-4-3-5-9-17)23-20(24)14-26-22(25)21-16(2)18-10-6-7-11-19(18)27-21/h3-11,15H,12-14H2,1-2H3,(H,23,24)/t15-/m0/s1. The van der Waals surface area contributed by atoms with Gasteiger partial charge in [0.2, 0.25) is 5.76 Å². The van der Waals surface area contributed by atoms with Crippen LogP contribution in [0.5, 0.6) is 0 Å². The first kappa shape index (κ1) is 18.7. The van der Waals surface area contributed by atoms with E-state index in [-0.39, 0.29) is 24.3 Å². The molecule has 0 saturated heterocycles. The molecular weight excluding hydrogens is 342 g/mol. The number of esters is 1. The molecule has 2 aromatic carbocycles. The summed E-state index contributed by atoms with van der Waals surface area (Å²) < 4.78 is 10.7. The summed E-state index contributed by atoms with van der Waals surface area (Å²) in [5.41, 5.74) is 2.57. The van der Waals surface area contributed by atoms with Crippen molar-refractivity contribution >= 4 is 22.8 Å². The third kappa shape index (κ3) is 4.76. The van der Waals surface area contributed by atoms with E-state index in [1.165, 1.54) is 5.56 Å². The number of para-hydroxylation sites is 1. The van der Waals surface area contributed by atoms with Gasteiger partial charge in [-0.2, -0.15) is 0 Å². The summed E-state index contributed by atoms with van der Waals surface area (Å²) in [6, 6.07) is 17.5. The zero-order chi connectivity index (χ0) is 19.2. The van der Waals surface area contributed by atoms with Gasteiger partial charge in [-0.25, -0.2) is 4.79 Å². The minimum atomic E-state index is -0.629. The summed E-state index contributed by atoms with van der Waals surface area (Å²) in [7, 11) is 0. The fraction of sp³-hybridized carbons (Fsp3) is 0.273. The maximum atomic E-state index is 12.2. The Morgan fingerprint density at radius 3 is 2.52 bits per heavy atom. The first-order valence-electron chi connectivity index (χ1n) is 9.03. The Bertz CT molecular complexity index is 930. The Morgan fingerprint density at radius 1 is 1.07 bits per heavy atom. The summed E-state index contributed by atoms with van der Waals surface area (Å²) in [5, 5.41) is 3.72. The summed E-state index contributed by atoms with van der Waals surface area (Å²) >= 11 is 0. The molecular formula is C22H23NO4. The highest BCUT2D eigenvalue weighted by molar-refractivity contribution is 5.96. The molecule has 0 radical (unpaired) electrons. The monoisotopic (exact) mass is 365 g/mol. The number of carbonyl (C=O) groups excluding carboxylic acids is 2. The lowest BCUT2D eigenvalue weighted by atomic mass is 10.1. The third-order valence-corrected chi connectivity index (χ3v) is 4.48. The first-order valence-corrected chi connectivity index (χ1v) is 9.03. The van der Waals surface area contributed by atoms with Crippen LogP contribution >= 0.6 is 0 Å². The van der Waals surface area contributed by atoms with Crippen LogP contribution < -0.4 is 5.32 Å². The molecule has 5 heteroatoms. The van der Waals surface area contributed by atoms with Crippen LogP contribution in [0.3, 0.4) is 0 Å². The molecule has 140 valence electrons. The molecule has 0 bridgehead atoms. The van der Waals surface area contributed by atoms with Crippen LogP contribution in [0.25, 0.3) is 11.0 Å². The van der Waals surface area contributed by atoms with E-state index in [9.17, 15) is 9.59 Å². The Labute approximate surface area is 158 Å². The molecule has 0 aliphatic rings. The highest BCUT2D eigenvalue weighted by Gasteiger charge is 2.20. The van der Waals surface area contributed by atoms with Crippen molar-refractivity contribution in [3.63, 3.8) is 0 Å². The van der Waals surface area contributed by atoms with E-state index < -0.39 is 5.97 Å². The van der Waals surface area contributed by atoms with E-state index in [0.29, 0.717) is 11.1 Å². The van der Waals surface area contributed by atoms with Crippen molar-refractivity contribution in [3.05, 3.63) is 71.5 Å². The number of hydrogen-bond acceptors (Lipinski definition) is 4. The lowest BCUT2D eigenvalue weighted by Crippen LogP contribution is -2.36. The second-order valence-corrected chi connectivity index (χ2v) is 6.62. The third-order valence-electron chi connectivity index (χ3n) is 4.48. The van der Waals surface area contributed by atoms with Crippen LogP contribution in [0.15, 0.2) is 59.0 Å². The van der Waals surface area contributed by atoms with Crippen molar-refractivity contribution < 1.29 is 18.7 Å². The minimum Gasteiger partial charge on any atom is -0.450 e. The van der Waals surface area contributed by atoms with Crippen molar-refractivity contribution in [3.8, 4) is 0 Å². The van der Waals surface area contributed by atoms with Crippen LogP contribution in [-0.2, 0) is 16.0 Å². The van der Waals surface area contributed by atoms with E-state index >= 15 is 0 Å². The van der Waals surface area contributed by atoms with Gasteiger partial charge in [0.25, 0.3) is 5.91 Å². The number of furan rings is 1. The van der Waals surface area contributed by atoms with Crippen LogP contribution in [0.2, 0.25) is 0 Å². The normalized spacial score (nSPS) is 11.9. The molecule has 1 aromatic heterocycles. The molecule has 1 heterocycles. The molecule has 5 nitrogen and oxygen atoms in total. The van der Waals surface area contributed by atoms with Crippen LogP contribution in [0.4, 0.5) is 0 Å². The van der Waals surface area contributed by atoms with Gasteiger partial charge in [-0.3, -0.25) is 4.79 Å². The largest absolute Gasteiger partial charge is 0.450 e. The summed E-state index contributed by atoms with van der Waals surface area (Å²) in [6.45, 7) is 3.41. The number of ether oxygens (including phenoxy) is 1. The van der Waals surface area contributed by atoms with Crippen LogP contribution in [-0.4, -0.2) is 24.5 Å². The SMILES string of the molecule is Cc1c(C(=O)OCC(=O)N[C@@H](C)CCc2ccccc2)oc2ccccc12. The minimum absolute atomic E-state index is 0.00987. The Balaban J connectivity index is 1.48. The number of carbonyl (C=O) groups is 2. The fourth-order valence-electron chi connectivity index (χ4n) is 2.98. The molecule has 0 spiro atoms. The number of amides is 1. The van der Waals surface area contributed by atoms with E-state index in [4.69, 9.17) is 9.15 Å². The van der Waals surface area contributed by atoms with Crippen LogP contribution in [0, 0.1) is 6.92 Å². The van der Waals surface area contributed by atoms with Gasteiger partial charge < -0.3 is 14.5 Å². The molecule has 1 N–H and O–H groups in total. The Hall–Kier alpha value is -3.08. The maximum Gasteiger partial charge on any atom is 0.375 e. The summed E-state index contributed by atoms with van der Waals surface area (Å²) in [4.78, 5) is 24.3. The highest BCUT2D eigenvalue weighted by Crippen LogP contribution is 2.25. The van der Waals surface area contributed by atoms with Crippen LogP contribution in [0.1, 0.15) is 35.0 Å². The summed E-state index contributed by atoms with van der Waals surface area (Å²) in [5.74, 6) is -0.811. The van der Waals surface area contributed by atoms with Gasteiger partial charge >= 0.3 is 5.97 Å². The van der Waals surface area contributed by atoms with Crippen molar-refractivity contribution in [2.24, 2.45) is 0 Å². The zero-order valence-corrected chi connectivity index (χ0v) is 15.5. The number of hydrogen-bond donors (Lipinski definition) is 1. The van der Waals surface area contributed by atoms with E-state index in [1.54, 1.807) is 13.0 Å². The molecule has 3 rings (SSSR count). The fourth-order valence-corrected chi connectivity index (χ4v) is 2.98. The second kappa shape index (κ2) is 8.54. The number of benzene rings is 2. The molecule has 1 atom stereocenters. The molecule has 3 aromatic rings. The Kier molecular flexibility index (Phi) is 5.91. The highest BCUT2D eigenvalue weighted by atomic mass is 16.5. The smallest absolute Gasteiger partial charge is 0.375 e. The number of fused-ring (bicyclic) bond motifs is 1. The molecule has 1 amide bonds. The maximum absolute atomic E-state index is 12.2. The van der Waals surface area contributed by atoms with Gasteiger partial charge in [-0.15, -0.1) is 0 Å². The van der Waals surface area contributed by atoms with Gasteiger partial charge in [0.1, 0.15) is 5.58 Å². The average molecular weight is 365 g/mol. The van der Waals surface area contributed by atoms with Gasteiger partial charge in [0.05, 0.1) is 0 Å². The average Bonchev–Trinajstić information content (AvgIpc) is 3.02. The number of nitrogens with one attached hydrogen (secondary N) is 1. The quantitative estimate of drug-likeness (QED) is 0.642. The first-order chi connectivity index (χ1) is 13.0. The van der Waals surface area contributed by atoms with Gasteiger partial charge in [0, 0.05) is 17.0 Å².